The Morgan fingerprint density at radius 2 is 2.00 bits per heavy atom. The summed E-state index contributed by atoms with van der Waals surface area (Å²) in [4.78, 5) is 14.0. The molecule has 3 heteroatoms. The smallest absolute Gasteiger partial charge is 0.251 e. The van der Waals surface area contributed by atoms with Gasteiger partial charge in [-0.1, -0.05) is 19.9 Å². The van der Waals surface area contributed by atoms with Crippen molar-refractivity contribution in [1.82, 2.24) is 10.2 Å². The van der Waals surface area contributed by atoms with Crippen LogP contribution in [0, 0.1) is 6.92 Å². The van der Waals surface area contributed by atoms with E-state index in [1.807, 2.05) is 31.1 Å². The number of carbonyl (C=O) groups is 1. The van der Waals surface area contributed by atoms with Crippen molar-refractivity contribution in [3.8, 4) is 0 Å². The SMILES string of the molecule is Cc1cc(C(=O)NCCN(C)C)ccc1C(C)C. The van der Waals surface area contributed by atoms with Crippen LogP contribution >= 0.6 is 0 Å². The van der Waals surface area contributed by atoms with Crippen LogP contribution in [0.25, 0.3) is 0 Å². The van der Waals surface area contributed by atoms with E-state index in [4.69, 9.17) is 0 Å². The summed E-state index contributed by atoms with van der Waals surface area (Å²) in [6.07, 6.45) is 0. The van der Waals surface area contributed by atoms with E-state index in [-0.39, 0.29) is 5.91 Å². The van der Waals surface area contributed by atoms with Gasteiger partial charge in [0.25, 0.3) is 5.91 Å². The molecule has 0 aliphatic heterocycles. The minimum atomic E-state index is 0.00950. The van der Waals surface area contributed by atoms with Gasteiger partial charge in [0.2, 0.25) is 0 Å². The molecule has 0 spiro atoms. The van der Waals surface area contributed by atoms with Crippen LogP contribution in [0.3, 0.4) is 0 Å². The molecular weight excluding hydrogens is 224 g/mol. The molecule has 1 amide bonds. The summed E-state index contributed by atoms with van der Waals surface area (Å²) in [5, 5.41) is 2.93. The van der Waals surface area contributed by atoms with Gasteiger partial charge in [0.15, 0.2) is 0 Å². The molecule has 0 bridgehead atoms. The molecule has 0 aliphatic rings. The third kappa shape index (κ3) is 4.15. The lowest BCUT2D eigenvalue weighted by Crippen LogP contribution is -2.31. The fourth-order valence-electron chi connectivity index (χ4n) is 1.96. The Morgan fingerprint density at radius 3 is 2.50 bits per heavy atom. The number of hydrogen-bond acceptors (Lipinski definition) is 2. The monoisotopic (exact) mass is 248 g/mol. The summed E-state index contributed by atoms with van der Waals surface area (Å²) in [7, 11) is 3.99. The Bertz CT molecular complexity index is 411. The quantitative estimate of drug-likeness (QED) is 0.868. The normalized spacial score (nSPS) is 11.1. The summed E-state index contributed by atoms with van der Waals surface area (Å²) >= 11 is 0. The van der Waals surface area contributed by atoms with Crippen LogP contribution < -0.4 is 5.32 Å². The maximum Gasteiger partial charge on any atom is 0.251 e. The highest BCUT2D eigenvalue weighted by Gasteiger charge is 2.09. The Labute approximate surface area is 110 Å². The molecule has 18 heavy (non-hydrogen) atoms. The third-order valence-corrected chi connectivity index (χ3v) is 3.00. The first-order chi connectivity index (χ1) is 8.41. The largest absolute Gasteiger partial charge is 0.351 e. The zero-order valence-electron chi connectivity index (χ0n) is 12.1. The maximum atomic E-state index is 11.9. The maximum absolute atomic E-state index is 11.9. The van der Waals surface area contributed by atoms with E-state index in [1.165, 1.54) is 11.1 Å². The highest BCUT2D eigenvalue weighted by atomic mass is 16.1. The predicted octanol–water partition coefficient (Wildman–Crippen LogP) is 2.41. The van der Waals surface area contributed by atoms with E-state index >= 15 is 0 Å². The van der Waals surface area contributed by atoms with Gasteiger partial charge in [-0.25, -0.2) is 0 Å². The molecule has 0 heterocycles. The number of rotatable bonds is 5. The fourth-order valence-corrected chi connectivity index (χ4v) is 1.96. The van der Waals surface area contributed by atoms with Crippen molar-refractivity contribution in [2.45, 2.75) is 26.7 Å². The van der Waals surface area contributed by atoms with E-state index in [9.17, 15) is 4.79 Å². The second-order valence-corrected chi connectivity index (χ2v) is 5.29. The Kier molecular flexibility index (Phi) is 5.35. The average Bonchev–Trinajstić information content (AvgIpc) is 2.27. The van der Waals surface area contributed by atoms with E-state index in [1.54, 1.807) is 0 Å². The van der Waals surface area contributed by atoms with Crippen molar-refractivity contribution in [2.75, 3.05) is 27.2 Å². The minimum absolute atomic E-state index is 0.00950. The van der Waals surface area contributed by atoms with Gasteiger partial charge in [0, 0.05) is 18.7 Å². The summed E-state index contributed by atoms with van der Waals surface area (Å²) in [6.45, 7) is 7.93. The molecule has 0 aliphatic carbocycles. The van der Waals surface area contributed by atoms with E-state index in [0.717, 1.165) is 12.1 Å². The molecule has 1 rings (SSSR count). The van der Waals surface area contributed by atoms with Gasteiger partial charge < -0.3 is 10.2 Å². The van der Waals surface area contributed by atoms with E-state index in [2.05, 4.69) is 32.2 Å². The van der Waals surface area contributed by atoms with Crippen molar-refractivity contribution in [3.05, 3.63) is 34.9 Å². The first-order valence-corrected chi connectivity index (χ1v) is 6.45. The summed E-state index contributed by atoms with van der Waals surface area (Å²) in [5.41, 5.74) is 3.24. The molecule has 0 radical (unpaired) electrons. The van der Waals surface area contributed by atoms with Crippen LogP contribution in [-0.2, 0) is 0 Å². The summed E-state index contributed by atoms with van der Waals surface area (Å²) in [5.74, 6) is 0.506. The molecule has 0 unspecified atom stereocenters. The molecule has 1 N–H and O–H groups in total. The van der Waals surface area contributed by atoms with Gasteiger partial charge in [0.05, 0.1) is 0 Å². The van der Waals surface area contributed by atoms with Crippen LogP contribution in [-0.4, -0.2) is 38.0 Å². The number of carbonyl (C=O) groups excluding carboxylic acids is 1. The molecule has 0 aromatic heterocycles. The van der Waals surface area contributed by atoms with Crippen LogP contribution in [0.1, 0.15) is 41.3 Å². The first-order valence-electron chi connectivity index (χ1n) is 6.45. The van der Waals surface area contributed by atoms with Gasteiger partial charge in [-0.15, -0.1) is 0 Å². The second kappa shape index (κ2) is 6.55. The molecule has 0 fully saturated rings. The van der Waals surface area contributed by atoms with Crippen molar-refractivity contribution in [1.29, 1.82) is 0 Å². The third-order valence-electron chi connectivity index (χ3n) is 3.00. The number of likely N-dealkylation sites (N-methyl/N-ethyl adjacent to an activating group) is 1. The van der Waals surface area contributed by atoms with Crippen molar-refractivity contribution in [3.63, 3.8) is 0 Å². The molecule has 0 atom stereocenters. The zero-order valence-corrected chi connectivity index (χ0v) is 12.1. The van der Waals surface area contributed by atoms with Crippen LogP contribution in [0.5, 0.6) is 0 Å². The number of hydrogen-bond donors (Lipinski definition) is 1. The highest BCUT2D eigenvalue weighted by molar-refractivity contribution is 5.94. The Morgan fingerprint density at radius 1 is 1.33 bits per heavy atom. The van der Waals surface area contributed by atoms with Gasteiger partial charge in [-0.05, 0) is 50.2 Å². The number of nitrogens with one attached hydrogen (secondary N) is 1. The van der Waals surface area contributed by atoms with Crippen molar-refractivity contribution < 1.29 is 4.79 Å². The highest BCUT2D eigenvalue weighted by Crippen LogP contribution is 2.19. The molecule has 3 nitrogen and oxygen atoms in total. The lowest BCUT2D eigenvalue weighted by atomic mass is 9.96. The fraction of sp³-hybridized carbons (Fsp3) is 0.533. The predicted molar refractivity (Wildman–Crippen MR) is 76.2 cm³/mol. The minimum Gasteiger partial charge on any atom is -0.351 e. The second-order valence-electron chi connectivity index (χ2n) is 5.29. The van der Waals surface area contributed by atoms with Crippen molar-refractivity contribution in [2.24, 2.45) is 0 Å². The number of amides is 1. The summed E-state index contributed by atoms with van der Waals surface area (Å²) in [6, 6.07) is 5.94. The molecule has 1 aromatic rings. The van der Waals surface area contributed by atoms with Gasteiger partial charge >= 0.3 is 0 Å². The van der Waals surface area contributed by atoms with E-state index in [0.29, 0.717) is 12.5 Å². The Balaban J connectivity index is 2.67. The lowest BCUT2D eigenvalue weighted by molar-refractivity contribution is 0.0951. The topological polar surface area (TPSA) is 32.3 Å². The molecule has 100 valence electrons. The zero-order chi connectivity index (χ0) is 13.7. The number of aryl methyl sites for hydroxylation is 1. The van der Waals surface area contributed by atoms with Gasteiger partial charge in [-0.2, -0.15) is 0 Å². The molecule has 1 aromatic carbocycles. The Hall–Kier alpha value is -1.35. The number of benzene rings is 1. The first kappa shape index (κ1) is 14.7. The molecule has 0 saturated heterocycles. The van der Waals surface area contributed by atoms with Crippen molar-refractivity contribution >= 4 is 5.91 Å². The number of nitrogens with zero attached hydrogens (tertiary/aromatic N) is 1. The summed E-state index contributed by atoms with van der Waals surface area (Å²) < 4.78 is 0. The molecular formula is C15H24N2O. The van der Waals surface area contributed by atoms with Crippen LogP contribution in [0.15, 0.2) is 18.2 Å². The van der Waals surface area contributed by atoms with Gasteiger partial charge in [-0.3, -0.25) is 4.79 Å². The van der Waals surface area contributed by atoms with Crippen LogP contribution in [0.2, 0.25) is 0 Å². The van der Waals surface area contributed by atoms with E-state index < -0.39 is 0 Å². The lowest BCUT2D eigenvalue weighted by Gasteiger charge is -2.13. The molecule has 0 saturated carbocycles. The standard InChI is InChI=1S/C15H24N2O/c1-11(2)14-7-6-13(10-12(14)3)15(18)16-8-9-17(4)5/h6-7,10-11H,8-9H2,1-5H3,(H,16,18). The average molecular weight is 248 g/mol. The van der Waals surface area contributed by atoms with Crippen LogP contribution in [0.4, 0.5) is 0 Å². The van der Waals surface area contributed by atoms with Gasteiger partial charge in [0.1, 0.15) is 0 Å².